The number of anilines is 1. The number of carbonyl (C=O) groups is 1. The van der Waals surface area contributed by atoms with Gasteiger partial charge >= 0.3 is 0 Å². The lowest BCUT2D eigenvalue weighted by Gasteiger charge is -2.16. The van der Waals surface area contributed by atoms with Gasteiger partial charge in [-0.2, -0.15) is 0 Å². The lowest BCUT2D eigenvalue weighted by Crippen LogP contribution is -2.28. The summed E-state index contributed by atoms with van der Waals surface area (Å²) in [5.74, 6) is 0.728. The molecule has 1 N–H and O–H groups in total. The highest BCUT2D eigenvalue weighted by Gasteiger charge is 2.31. The Hall–Kier alpha value is -2.82. The van der Waals surface area contributed by atoms with Crippen molar-refractivity contribution in [3.63, 3.8) is 0 Å². The lowest BCUT2D eigenvalue weighted by atomic mass is 10.2. The summed E-state index contributed by atoms with van der Waals surface area (Å²) in [5, 5.41) is 9.88. The topological polar surface area (TPSA) is 62.1 Å². The quantitative estimate of drug-likeness (QED) is 0.880. The molecular weight excluding hydrogens is 304 g/mol. The van der Waals surface area contributed by atoms with Crippen LogP contribution < -0.4 is 9.64 Å². The van der Waals surface area contributed by atoms with Gasteiger partial charge in [0.25, 0.3) is 5.91 Å². The van der Waals surface area contributed by atoms with E-state index in [1.807, 2.05) is 31.2 Å². The standard InChI is InChI=1S/C19H20N2O3/c1-13-3-5-15(6-4-13)21-10-9-17(19(21)23)20-12-14-11-16(24-2)7-8-18(14)22/h3-8,11-12,17,22H,9-10H2,1-2H3. The second-order valence-corrected chi connectivity index (χ2v) is 5.83. The summed E-state index contributed by atoms with van der Waals surface area (Å²) in [6.45, 7) is 2.66. The van der Waals surface area contributed by atoms with E-state index in [0.29, 0.717) is 24.3 Å². The van der Waals surface area contributed by atoms with Crippen LogP contribution in [0.4, 0.5) is 5.69 Å². The van der Waals surface area contributed by atoms with E-state index in [4.69, 9.17) is 4.74 Å². The third-order valence-electron chi connectivity index (χ3n) is 4.15. The number of hydrogen-bond donors (Lipinski definition) is 1. The number of ether oxygens (including phenoxy) is 1. The highest BCUT2D eigenvalue weighted by Crippen LogP contribution is 2.25. The molecule has 1 amide bonds. The summed E-state index contributed by atoms with van der Waals surface area (Å²) >= 11 is 0. The first-order chi connectivity index (χ1) is 11.6. The van der Waals surface area contributed by atoms with Crippen molar-refractivity contribution in [3.05, 3.63) is 53.6 Å². The minimum Gasteiger partial charge on any atom is -0.507 e. The molecule has 1 unspecified atom stereocenters. The second-order valence-electron chi connectivity index (χ2n) is 5.83. The van der Waals surface area contributed by atoms with Gasteiger partial charge in [0.15, 0.2) is 0 Å². The molecule has 0 aromatic heterocycles. The zero-order valence-corrected chi connectivity index (χ0v) is 13.8. The van der Waals surface area contributed by atoms with Crippen LogP contribution in [0, 0.1) is 6.92 Å². The van der Waals surface area contributed by atoms with Crippen LogP contribution in [0.25, 0.3) is 0 Å². The number of nitrogens with zero attached hydrogens (tertiary/aromatic N) is 2. The Balaban J connectivity index is 1.75. The Morgan fingerprint density at radius 1 is 1.25 bits per heavy atom. The average molecular weight is 324 g/mol. The summed E-state index contributed by atoms with van der Waals surface area (Å²) in [7, 11) is 1.56. The number of phenolic OH excluding ortho intramolecular Hbond substituents is 1. The minimum absolute atomic E-state index is 0.0162. The van der Waals surface area contributed by atoms with Crippen molar-refractivity contribution >= 4 is 17.8 Å². The van der Waals surface area contributed by atoms with Gasteiger partial charge in [-0.1, -0.05) is 17.7 Å². The van der Waals surface area contributed by atoms with Crippen LogP contribution in [0.1, 0.15) is 17.5 Å². The molecule has 5 nitrogen and oxygen atoms in total. The predicted octanol–water partition coefficient (Wildman–Crippen LogP) is 2.93. The maximum absolute atomic E-state index is 12.5. The van der Waals surface area contributed by atoms with Gasteiger partial charge < -0.3 is 14.7 Å². The molecule has 2 aromatic rings. The van der Waals surface area contributed by atoms with Crippen molar-refractivity contribution in [3.8, 4) is 11.5 Å². The van der Waals surface area contributed by atoms with Crippen LogP contribution in [-0.2, 0) is 4.79 Å². The SMILES string of the molecule is COc1ccc(O)c(C=NC2CCN(c3ccc(C)cc3)C2=O)c1. The van der Waals surface area contributed by atoms with Gasteiger partial charge in [-0.15, -0.1) is 0 Å². The molecule has 2 aromatic carbocycles. The van der Waals surface area contributed by atoms with Crippen LogP contribution in [0.5, 0.6) is 11.5 Å². The largest absolute Gasteiger partial charge is 0.507 e. The number of carbonyl (C=O) groups excluding carboxylic acids is 1. The van der Waals surface area contributed by atoms with Gasteiger partial charge in [-0.05, 0) is 43.7 Å². The Morgan fingerprint density at radius 3 is 2.71 bits per heavy atom. The van der Waals surface area contributed by atoms with E-state index in [0.717, 1.165) is 11.3 Å². The van der Waals surface area contributed by atoms with Gasteiger partial charge in [0.05, 0.1) is 7.11 Å². The first-order valence-corrected chi connectivity index (χ1v) is 7.86. The molecule has 1 fully saturated rings. The lowest BCUT2D eigenvalue weighted by molar-refractivity contribution is -0.118. The van der Waals surface area contributed by atoms with E-state index in [1.54, 1.807) is 36.4 Å². The van der Waals surface area contributed by atoms with E-state index in [2.05, 4.69) is 4.99 Å². The smallest absolute Gasteiger partial charge is 0.251 e. The normalized spacial score (nSPS) is 17.7. The van der Waals surface area contributed by atoms with Crippen molar-refractivity contribution in [1.82, 2.24) is 0 Å². The molecule has 1 saturated heterocycles. The van der Waals surface area contributed by atoms with Crippen LogP contribution in [0.3, 0.4) is 0 Å². The molecule has 0 aliphatic carbocycles. The van der Waals surface area contributed by atoms with Gasteiger partial charge in [-0.3, -0.25) is 9.79 Å². The van der Waals surface area contributed by atoms with Crippen LogP contribution in [0.15, 0.2) is 47.5 Å². The van der Waals surface area contributed by atoms with Crippen molar-refractivity contribution in [2.24, 2.45) is 4.99 Å². The number of aliphatic imine (C=N–C) groups is 1. The van der Waals surface area contributed by atoms with Gasteiger partial charge in [0, 0.05) is 24.0 Å². The van der Waals surface area contributed by atoms with Gasteiger partial charge in [0.2, 0.25) is 0 Å². The summed E-state index contributed by atoms with van der Waals surface area (Å²) in [4.78, 5) is 18.7. The molecule has 3 rings (SSSR count). The fourth-order valence-corrected chi connectivity index (χ4v) is 2.72. The van der Waals surface area contributed by atoms with E-state index >= 15 is 0 Å². The minimum atomic E-state index is -0.420. The number of hydrogen-bond acceptors (Lipinski definition) is 4. The fourth-order valence-electron chi connectivity index (χ4n) is 2.72. The first kappa shape index (κ1) is 16.1. The van der Waals surface area contributed by atoms with Crippen molar-refractivity contribution in [2.45, 2.75) is 19.4 Å². The summed E-state index contributed by atoms with van der Waals surface area (Å²) < 4.78 is 5.14. The van der Waals surface area contributed by atoms with E-state index in [9.17, 15) is 9.90 Å². The third-order valence-corrected chi connectivity index (χ3v) is 4.15. The van der Waals surface area contributed by atoms with Gasteiger partial charge in [-0.25, -0.2) is 0 Å². The predicted molar refractivity (Wildman–Crippen MR) is 94.2 cm³/mol. The second kappa shape index (κ2) is 6.74. The molecule has 5 heteroatoms. The highest BCUT2D eigenvalue weighted by atomic mass is 16.5. The van der Waals surface area contributed by atoms with Crippen LogP contribution in [-0.4, -0.2) is 36.9 Å². The molecule has 24 heavy (non-hydrogen) atoms. The van der Waals surface area contributed by atoms with Crippen molar-refractivity contribution in [2.75, 3.05) is 18.6 Å². The number of methoxy groups -OCH3 is 1. The summed E-state index contributed by atoms with van der Waals surface area (Å²) in [6, 6.07) is 12.4. The molecule has 1 aliphatic heterocycles. The maximum atomic E-state index is 12.5. The fraction of sp³-hybridized carbons (Fsp3) is 0.263. The zero-order chi connectivity index (χ0) is 17.1. The number of amides is 1. The van der Waals surface area contributed by atoms with Crippen LogP contribution in [0.2, 0.25) is 0 Å². The Labute approximate surface area is 141 Å². The molecule has 1 heterocycles. The third kappa shape index (κ3) is 3.25. The molecule has 1 atom stereocenters. The first-order valence-electron chi connectivity index (χ1n) is 7.86. The Morgan fingerprint density at radius 2 is 2.00 bits per heavy atom. The molecule has 0 saturated carbocycles. The van der Waals surface area contributed by atoms with Crippen molar-refractivity contribution < 1.29 is 14.6 Å². The maximum Gasteiger partial charge on any atom is 0.251 e. The molecule has 0 spiro atoms. The van der Waals surface area contributed by atoms with Gasteiger partial charge in [0.1, 0.15) is 17.5 Å². The Kier molecular flexibility index (Phi) is 4.51. The summed E-state index contributed by atoms with van der Waals surface area (Å²) in [6.07, 6.45) is 2.20. The summed E-state index contributed by atoms with van der Waals surface area (Å²) in [5.41, 5.74) is 2.59. The number of benzene rings is 2. The Bertz CT molecular complexity index is 769. The molecule has 124 valence electrons. The number of rotatable bonds is 4. The molecule has 0 radical (unpaired) electrons. The molecule has 0 bridgehead atoms. The molecule has 1 aliphatic rings. The highest BCUT2D eigenvalue weighted by molar-refractivity contribution is 6.00. The average Bonchev–Trinajstić information content (AvgIpc) is 2.96. The van der Waals surface area contributed by atoms with Crippen molar-refractivity contribution in [1.29, 1.82) is 0 Å². The number of phenols is 1. The number of aromatic hydroxyl groups is 1. The number of aryl methyl sites for hydroxylation is 1. The van der Waals surface area contributed by atoms with Crippen LogP contribution >= 0.6 is 0 Å². The van der Waals surface area contributed by atoms with E-state index in [1.165, 1.54) is 0 Å². The van der Waals surface area contributed by atoms with E-state index < -0.39 is 6.04 Å². The molecular formula is C19H20N2O3. The monoisotopic (exact) mass is 324 g/mol. The zero-order valence-electron chi connectivity index (χ0n) is 13.8. The van der Waals surface area contributed by atoms with E-state index in [-0.39, 0.29) is 11.7 Å².